The SMILES string of the molecule is COc1cccc(CS(=O)c2ccc(N)c(Cl)c2)n1. The van der Waals surface area contributed by atoms with Crippen LogP contribution in [-0.2, 0) is 16.6 Å². The molecule has 0 aliphatic rings. The predicted molar refractivity (Wildman–Crippen MR) is 76.8 cm³/mol. The van der Waals surface area contributed by atoms with Crippen LogP contribution in [0.25, 0.3) is 0 Å². The van der Waals surface area contributed by atoms with Gasteiger partial charge in [0.15, 0.2) is 0 Å². The van der Waals surface area contributed by atoms with Crippen molar-refractivity contribution in [1.29, 1.82) is 0 Å². The van der Waals surface area contributed by atoms with Gasteiger partial charge in [0.1, 0.15) is 0 Å². The van der Waals surface area contributed by atoms with Gasteiger partial charge in [-0.3, -0.25) is 4.21 Å². The van der Waals surface area contributed by atoms with Crippen LogP contribution in [0.5, 0.6) is 5.88 Å². The maximum atomic E-state index is 12.2. The van der Waals surface area contributed by atoms with Crippen molar-refractivity contribution in [3.63, 3.8) is 0 Å². The molecule has 2 aromatic rings. The van der Waals surface area contributed by atoms with E-state index in [-0.39, 0.29) is 0 Å². The van der Waals surface area contributed by atoms with Crippen molar-refractivity contribution >= 4 is 28.1 Å². The van der Waals surface area contributed by atoms with E-state index in [9.17, 15) is 4.21 Å². The first-order valence-electron chi connectivity index (χ1n) is 5.53. The van der Waals surface area contributed by atoms with E-state index in [1.54, 1.807) is 37.4 Å². The number of benzene rings is 1. The maximum Gasteiger partial charge on any atom is 0.213 e. The number of pyridine rings is 1. The number of nitrogens with zero attached hydrogens (tertiary/aromatic N) is 1. The predicted octanol–water partition coefficient (Wildman–Crippen LogP) is 2.63. The van der Waals surface area contributed by atoms with Crippen molar-refractivity contribution < 1.29 is 8.95 Å². The molecule has 0 aliphatic heterocycles. The summed E-state index contributed by atoms with van der Waals surface area (Å²) >= 11 is 5.91. The molecule has 1 unspecified atom stereocenters. The van der Waals surface area contributed by atoms with Gasteiger partial charge in [0.25, 0.3) is 0 Å². The summed E-state index contributed by atoms with van der Waals surface area (Å²) in [4.78, 5) is 4.85. The number of hydrogen-bond donors (Lipinski definition) is 1. The molecule has 0 radical (unpaired) electrons. The van der Waals surface area contributed by atoms with Crippen LogP contribution >= 0.6 is 11.6 Å². The summed E-state index contributed by atoms with van der Waals surface area (Å²) in [5, 5.41) is 0.407. The van der Waals surface area contributed by atoms with Gasteiger partial charge in [-0.15, -0.1) is 0 Å². The number of ether oxygens (including phenoxy) is 1. The average Bonchev–Trinajstić information content (AvgIpc) is 2.42. The van der Waals surface area contributed by atoms with Crippen LogP contribution in [0, 0.1) is 0 Å². The second-order valence-corrected chi connectivity index (χ2v) is 5.70. The third-order valence-electron chi connectivity index (χ3n) is 2.50. The Bertz CT molecular complexity index is 619. The lowest BCUT2D eigenvalue weighted by Crippen LogP contribution is -2.00. The molecule has 4 nitrogen and oxygen atoms in total. The fourth-order valence-electron chi connectivity index (χ4n) is 1.52. The molecule has 6 heteroatoms. The highest BCUT2D eigenvalue weighted by Gasteiger charge is 2.09. The fraction of sp³-hybridized carbons (Fsp3) is 0.154. The van der Waals surface area contributed by atoms with E-state index in [2.05, 4.69) is 4.98 Å². The van der Waals surface area contributed by atoms with Crippen molar-refractivity contribution in [1.82, 2.24) is 4.98 Å². The summed E-state index contributed by atoms with van der Waals surface area (Å²) in [6.45, 7) is 0. The van der Waals surface area contributed by atoms with Crippen LogP contribution in [0.4, 0.5) is 5.69 Å². The van der Waals surface area contributed by atoms with E-state index in [4.69, 9.17) is 22.1 Å². The summed E-state index contributed by atoms with van der Waals surface area (Å²) in [6.07, 6.45) is 0. The van der Waals surface area contributed by atoms with E-state index < -0.39 is 10.8 Å². The summed E-state index contributed by atoms with van der Waals surface area (Å²) < 4.78 is 17.2. The zero-order valence-corrected chi connectivity index (χ0v) is 11.9. The molecule has 2 rings (SSSR count). The molecule has 2 N–H and O–H groups in total. The van der Waals surface area contributed by atoms with Crippen LogP contribution in [-0.4, -0.2) is 16.3 Å². The normalized spacial score (nSPS) is 12.1. The molecule has 1 aromatic heterocycles. The molecule has 100 valence electrons. The van der Waals surface area contributed by atoms with Crippen molar-refractivity contribution in [3.05, 3.63) is 47.1 Å². The van der Waals surface area contributed by atoms with E-state index in [0.717, 1.165) is 0 Å². The first-order valence-corrected chi connectivity index (χ1v) is 7.23. The standard InChI is InChI=1S/C13H13ClN2O2S/c1-18-13-4-2-3-9(16-13)8-19(17)10-5-6-12(15)11(14)7-10/h2-7H,8,15H2,1H3. The molecule has 0 bridgehead atoms. The fourth-order valence-corrected chi connectivity index (χ4v) is 2.83. The summed E-state index contributed by atoms with van der Waals surface area (Å²) in [5.41, 5.74) is 6.79. The largest absolute Gasteiger partial charge is 0.481 e. The molecule has 1 atom stereocenters. The van der Waals surface area contributed by atoms with Gasteiger partial charge in [-0.2, -0.15) is 0 Å². The van der Waals surface area contributed by atoms with E-state index in [1.807, 2.05) is 6.07 Å². The first-order chi connectivity index (χ1) is 9.10. The van der Waals surface area contributed by atoms with Crippen LogP contribution in [0.1, 0.15) is 5.69 Å². The van der Waals surface area contributed by atoms with Gasteiger partial charge in [-0.05, 0) is 24.3 Å². The van der Waals surface area contributed by atoms with Crippen molar-refractivity contribution in [2.24, 2.45) is 0 Å². The quantitative estimate of drug-likeness (QED) is 0.881. The zero-order chi connectivity index (χ0) is 13.8. The van der Waals surface area contributed by atoms with Gasteiger partial charge in [0.2, 0.25) is 5.88 Å². The highest BCUT2D eigenvalue weighted by Crippen LogP contribution is 2.22. The molecule has 1 aromatic carbocycles. The number of nitrogen functional groups attached to an aromatic ring is 1. The number of aromatic nitrogens is 1. The van der Waals surface area contributed by atoms with Crippen molar-refractivity contribution in [3.8, 4) is 5.88 Å². The second-order valence-electron chi connectivity index (χ2n) is 3.84. The lowest BCUT2D eigenvalue weighted by Gasteiger charge is -2.05. The van der Waals surface area contributed by atoms with E-state index >= 15 is 0 Å². The van der Waals surface area contributed by atoms with Gasteiger partial charge in [-0.25, -0.2) is 4.98 Å². The number of methoxy groups -OCH3 is 1. The molecule has 0 amide bonds. The Hall–Kier alpha value is -1.59. The first kappa shape index (κ1) is 13.8. The topological polar surface area (TPSA) is 65.2 Å². The van der Waals surface area contributed by atoms with Gasteiger partial charge >= 0.3 is 0 Å². The number of rotatable bonds is 4. The highest BCUT2D eigenvalue weighted by molar-refractivity contribution is 7.84. The molecule has 0 spiro atoms. The summed E-state index contributed by atoms with van der Waals surface area (Å²) in [7, 11) is 0.323. The number of anilines is 1. The Morgan fingerprint density at radius 3 is 2.84 bits per heavy atom. The molecule has 0 saturated carbocycles. The van der Waals surface area contributed by atoms with Gasteiger partial charge in [0, 0.05) is 11.0 Å². The molecular formula is C13H13ClN2O2S. The van der Waals surface area contributed by atoms with Crippen molar-refractivity contribution in [2.45, 2.75) is 10.6 Å². The van der Waals surface area contributed by atoms with Crippen molar-refractivity contribution in [2.75, 3.05) is 12.8 Å². The Labute approximate surface area is 119 Å². The molecular weight excluding hydrogens is 284 g/mol. The molecule has 0 saturated heterocycles. The summed E-state index contributed by atoms with van der Waals surface area (Å²) in [6, 6.07) is 10.3. The lowest BCUT2D eigenvalue weighted by molar-refractivity contribution is 0.397. The third kappa shape index (κ3) is 3.45. The Balaban J connectivity index is 2.18. The minimum absolute atomic E-state index is 0.303. The van der Waals surface area contributed by atoms with Crippen LogP contribution in [0.3, 0.4) is 0 Å². The number of halogens is 1. The Kier molecular flexibility index (Phi) is 4.39. The number of hydrogen-bond acceptors (Lipinski definition) is 4. The monoisotopic (exact) mass is 296 g/mol. The second kappa shape index (κ2) is 6.04. The number of nitrogens with two attached hydrogens (primary N) is 1. The minimum atomic E-state index is -1.22. The average molecular weight is 297 g/mol. The van der Waals surface area contributed by atoms with E-state index in [1.165, 1.54) is 0 Å². The molecule has 0 fully saturated rings. The van der Waals surface area contributed by atoms with Gasteiger partial charge in [-0.1, -0.05) is 17.7 Å². The highest BCUT2D eigenvalue weighted by atomic mass is 35.5. The van der Waals surface area contributed by atoms with Crippen LogP contribution < -0.4 is 10.5 Å². The van der Waals surface area contributed by atoms with Gasteiger partial charge in [0.05, 0.1) is 40.1 Å². The Morgan fingerprint density at radius 2 is 2.16 bits per heavy atom. The Morgan fingerprint density at radius 1 is 1.37 bits per heavy atom. The summed E-state index contributed by atoms with van der Waals surface area (Å²) in [5.74, 6) is 0.808. The van der Waals surface area contributed by atoms with Crippen LogP contribution in [0.15, 0.2) is 41.3 Å². The zero-order valence-electron chi connectivity index (χ0n) is 10.3. The molecule has 0 aliphatic carbocycles. The molecule has 19 heavy (non-hydrogen) atoms. The van der Waals surface area contributed by atoms with E-state index in [0.29, 0.717) is 32.9 Å². The minimum Gasteiger partial charge on any atom is -0.481 e. The smallest absolute Gasteiger partial charge is 0.213 e. The van der Waals surface area contributed by atoms with Crippen LogP contribution in [0.2, 0.25) is 5.02 Å². The van der Waals surface area contributed by atoms with Gasteiger partial charge < -0.3 is 10.5 Å². The molecule has 1 heterocycles. The maximum absolute atomic E-state index is 12.2. The lowest BCUT2D eigenvalue weighted by atomic mass is 10.3. The third-order valence-corrected chi connectivity index (χ3v) is 4.17.